The molecular formula is C22H20BrNO4. The molecular weight excluding hydrogens is 422 g/mol. The van der Waals surface area contributed by atoms with Gasteiger partial charge in [0.25, 0.3) is 5.91 Å². The molecule has 28 heavy (non-hydrogen) atoms. The fourth-order valence-electron chi connectivity index (χ4n) is 2.84. The lowest BCUT2D eigenvalue weighted by atomic mass is 10.0. The highest BCUT2D eigenvalue weighted by atomic mass is 79.9. The quantitative estimate of drug-likeness (QED) is 0.551. The van der Waals surface area contributed by atoms with Gasteiger partial charge < -0.3 is 14.8 Å². The van der Waals surface area contributed by atoms with Crippen LogP contribution in [0.25, 0.3) is 10.8 Å². The monoisotopic (exact) mass is 441 g/mol. The van der Waals surface area contributed by atoms with Gasteiger partial charge in [-0.3, -0.25) is 9.59 Å². The Balaban J connectivity index is 1.65. The summed E-state index contributed by atoms with van der Waals surface area (Å²) in [5.41, 5.74) is 0.813. The van der Waals surface area contributed by atoms with E-state index in [2.05, 4.69) is 21.2 Å². The highest BCUT2D eigenvalue weighted by Gasteiger charge is 2.19. The third-order valence-electron chi connectivity index (χ3n) is 4.30. The van der Waals surface area contributed by atoms with Gasteiger partial charge in [0.05, 0.1) is 19.6 Å². The van der Waals surface area contributed by atoms with E-state index in [-0.39, 0.29) is 18.9 Å². The third-order valence-corrected chi connectivity index (χ3v) is 4.83. The van der Waals surface area contributed by atoms with Gasteiger partial charge in [0.1, 0.15) is 5.75 Å². The number of carbonyl (C=O) groups excluding carboxylic acids is 2. The number of esters is 1. The average Bonchev–Trinajstić information content (AvgIpc) is 2.72. The number of amides is 1. The van der Waals surface area contributed by atoms with Gasteiger partial charge in [0, 0.05) is 4.47 Å². The minimum atomic E-state index is -0.492. The van der Waals surface area contributed by atoms with Crippen molar-refractivity contribution in [2.24, 2.45) is 0 Å². The van der Waals surface area contributed by atoms with Gasteiger partial charge in [-0.05, 0) is 40.6 Å². The second-order valence-corrected chi connectivity index (χ2v) is 7.17. The van der Waals surface area contributed by atoms with E-state index >= 15 is 0 Å². The lowest BCUT2D eigenvalue weighted by Gasteiger charge is -2.18. The summed E-state index contributed by atoms with van der Waals surface area (Å²) in [6.07, 6.45) is 0.0415. The maximum absolute atomic E-state index is 12.4. The SMILES string of the molecule is COC(=O)CC(NC(=O)COc1ccc2ccccc2c1)c1ccc(Br)cc1. The zero-order valence-electron chi connectivity index (χ0n) is 15.4. The smallest absolute Gasteiger partial charge is 0.307 e. The standard InChI is InChI=1S/C22H20BrNO4/c1-27-22(26)13-20(16-6-9-18(23)10-7-16)24-21(25)14-28-19-11-8-15-4-2-3-5-17(15)12-19/h2-12,20H,13-14H2,1H3,(H,24,25). The summed E-state index contributed by atoms with van der Waals surface area (Å²) >= 11 is 3.38. The van der Waals surface area contributed by atoms with Crippen molar-refractivity contribution in [3.05, 3.63) is 76.8 Å². The van der Waals surface area contributed by atoms with Crippen molar-refractivity contribution in [3.8, 4) is 5.75 Å². The number of fused-ring (bicyclic) bond motifs is 1. The van der Waals surface area contributed by atoms with Gasteiger partial charge in [-0.15, -0.1) is 0 Å². The summed E-state index contributed by atoms with van der Waals surface area (Å²) in [6.45, 7) is -0.146. The molecule has 5 nitrogen and oxygen atoms in total. The fraction of sp³-hybridized carbons (Fsp3) is 0.182. The molecule has 0 heterocycles. The summed E-state index contributed by atoms with van der Waals surface area (Å²) in [4.78, 5) is 24.1. The van der Waals surface area contributed by atoms with E-state index in [1.54, 1.807) is 0 Å². The number of halogens is 1. The summed E-state index contributed by atoms with van der Waals surface area (Å²) in [7, 11) is 1.33. The van der Waals surface area contributed by atoms with E-state index in [0.717, 1.165) is 20.8 Å². The lowest BCUT2D eigenvalue weighted by Crippen LogP contribution is -2.34. The fourth-order valence-corrected chi connectivity index (χ4v) is 3.10. The highest BCUT2D eigenvalue weighted by Crippen LogP contribution is 2.22. The van der Waals surface area contributed by atoms with E-state index in [1.165, 1.54) is 7.11 Å². The van der Waals surface area contributed by atoms with Gasteiger partial charge in [-0.2, -0.15) is 0 Å². The summed E-state index contributed by atoms with van der Waals surface area (Å²) < 4.78 is 11.3. The Morgan fingerprint density at radius 2 is 1.71 bits per heavy atom. The second kappa shape index (κ2) is 9.37. The molecule has 0 fully saturated rings. The molecule has 0 aliphatic heterocycles. The molecule has 1 amide bonds. The number of ether oxygens (including phenoxy) is 2. The minimum Gasteiger partial charge on any atom is -0.484 e. The maximum Gasteiger partial charge on any atom is 0.307 e. The molecule has 3 aromatic rings. The molecule has 3 aromatic carbocycles. The summed E-state index contributed by atoms with van der Waals surface area (Å²) in [5, 5.41) is 4.99. The Morgan fingerprint density at radius 3 is 2.43 bits per heavy atom. The molecule has 6 heteroatoms. The van der Waals surface area contributed by atoms with Crippen LogP contribution in [0.2, 0.25) is 0 Å². The highest BCUT2D eigenvalue weighted by molar-refractivity contribution is 9.10. The third kappa shape index (κ3) is 5.33. The van der Waals surface area contributed by atoms with Gasteiger partial charge >= 0.3 is 5.97 Å². The molecule has 1 N–H and O–H groups in total. The van der Waals surface area contributed by atoms with Gasteiger partial charge in [-0.1, -0.05) is 58.4 Å². The number of methoxy groups -OCH3 is 1. The van der Waals surface area contributed by atoms with Crippen molar-refractivity contribution < 1.29 is 19.1 Å². The van der Waals surface area contributed by atoms with Crippen LogP contribution in [-0.4, -0.2) is 25.6 Å². The minimum absolute atomic E-state index is 0.0415. The van der Waals surface area contributed by atoms with Crippen molar-refractivity contribution in [1.82, 2.24) is 5.32 Å². The molecule has 0 aliphatic rings. The van der Waals surface area contributed by atoms with E-state index in [4.69, 9.17) is 9.47 Å². The molecule has 0 spiro atoms. The second-order valence-electron chi connectivity index (χ2n) is 6.25. The van der Waals surface area contributed by atoms with Gasteiger partial charge in [0.15, 0.2) is 6.61 Å². The number of benzene rings is 3. The van der Waals surface area contributed by atoms with Gasteiger partial charge in [0.2, 0.25) is 0 Å². The first-order chi connectivity index (χ1) is 13.5. The predicted octanol–water partition coefficient (Wildman–Crippen LogP) is 4.40. The van der Waals surface area contributed by atoms with Crippen molar-refractivity contribution >= 4 is 38.6 Å². The van der Waals surface area contributed by atoms with Crippen LogP contribution in [-0.2, 0) is 14.3 Å². The first kappa shape index (κ1) is 19.9. The molecule has 0 saturated carbocycles. The average molecular weight is 442 g/mol. The largest absolute Gasteiger partial charge is 0.484 e. The van der Waals surface area contributed by atoms with Crippen LogP contribution in [0.4, 0.5) is 0 Å². The zero-order chi connectivity index (χ0) is 19.9. The normalized spacial score (nSPS) is 11.6. The van der Waals surface area contributed by atoms with Crippen molar-refractivity contribution in [2.75, 3.05) is 13.7 Å². The Morgan fingerprint density at radius 1 is 1.00 bits per heavy atom. The van der Waals surface area contributed by atoms with E-state index in [0.29, 0.717) is 5.75 Å². The molecule has 0 saturated heterocycles. The van der Waals surface area contributed by atoms with Crippen molar-refractivity contribution in [2.45, 2.75) is 12.5 Å². The van der Waals surface area contributed by atoms with Crippen LogP contribution in [0.15, 0.2) is 71.2 Å². The lowest BCUT2D eigenvalue weighted by molar-refractivity contribution is -0.141. The van der Waals surface area contributed by atoms with E-state index < -0.39 is 12.0 Å². The number of nitrogens with one attached hydrogen (secondary N) is 1. The van der Waals surface area contributed by atoms with Crippen LogP contribution < -0.4 is 10.1 Å². The van der Waals surface area contributed by atoms with Crippen LogP contribution in [0.1, 0.15) is 18.0 Å². The van der Waals surface area contributed by atoms with Crippen LogP contribution in [0.5, 0.6) is 5.75 Å². The Hall–Kier alpha value is -2.86. The Kier molecular flexibility index (Phi) is 6.66. The number of hydrogen-bond acceptors (Lipinski definition) is 4. The predicted molar refractivity (Wildman–Crippen MR) is 111 cm³/mol. The molecule has 0 aliphatic carbocycles. The number of hydrogen-bond donors (Lipinski definition) is 1. The van der Waals surface area contributed by atoms with Gasteiger partial charge in [-0.25, -0.2) is 0 Å². The molecule has 0 bridgehead atoms. The molecule has 1 unspecified atom stereocenters. The molecule has 3 rings (SSSR count). The molecule has 1 atom stereocenters. The first-order valence-corrected chi connectivity index (χ1v) is 9.57. The number of rotatable bonds is 7. The van der Waals surface area contributed by atoms with Crippen LogP contribution >= 0.6 is 15.9 Å². The molecule has 0 radical (unpaired) electrons. The van der Waals surface area contributed by atoms with Crippen LogP contribution in [0, 0.1) is 0 Å². The van der Waals surface area contributed by atoms with Crippen molar-refractivity contribution in [3.63, 3.8) is 0 Å². The molecule has 0 aromatic heterocycles. The van der Waals surface area contributed by atoms with Crippen molar-refractivity contribution in [1.29, 1.82) is 0 Å². The van der Waals surface area contributed by atoms with E-state index in [1.807, 2.05) is 66.7 Å². The van der Waals surface area contributed by atoms with Crippen LogP contribution in [0.3, 0.4) is 0 Å². The Labute approximate surface area is 171 Å². The first-order valence-electron chi connectivity index (χ1n) is 8.78. The molecule has 144 valence electrons. The van der Waals surface area contributed by atoms with E-state index in [9.17, 15) is 9.59 Å². The number of carbonyl (C=O) groups is 2. The zero-order valence-corrected chi connectivity index (χ0v) is 16.9. The maximum atomic E-state index is 12.4. The summed E-state index contributed by atoms with van der Waals surface area (Å²) in [5.74, 6) is -0.101. The summed E-state index contributed by atoms with van der Waals surface area (Å²) in [6, 6.07) is 20.5. The topological polar surface area (TPSA) is 64.6 Å². The Bertz CT molecular complexity index is 972.